The van der Waals surface area contributed by atoms with Crippen LogP contribution in [-0.2, 0) is 11.3 Å². The SMILES string of the molecule is CCC(CN)NC(=O)CCn1cncn1. The highest BCUT2D eigenvalue weighted by Crippen LogP contribution is 1.91. The number of nitrogens with one attached hydrogen (secondary N) is 1. The van der Waals surface area contributed by atoms with Crippen LogP contribution in [0.15, 0.2) is 12.7 Å². The van der Waals surface area contributed by atoms with Gasteiger partial charge in [-0.05, 0) is 6.42 Å². The van der Waals surface area contributed by atoms with Gasteiger partial charge in [0.15, 0.2) is 0 Å². The molecule has 0 saturated heterocycles. The molecular weight excluding hydrogens is 194 g/mol. The smallest absolute Gasteiger partial charge is 0.222 e. The van der Waals surface area contributed by atoms with Crippen LogP contribution in [-0.4, -0.2) is 33.3 Å². The molecule has 84 valence electrons. The summed E-state index contributed by atoms with van der Waals surface area (Å²) in [5.74, 6) is 0.00259. The number of carbonyl (C=O) groups is 1. The average Bonchev–Trinajstić information content (AvgIpc) is 2.75. The lowest BCUT2D eigenvalue weighted by Gasteiger charge is -2.14. The van der Waals surface area contributed by atoms with Gasteiger partial charge in [-0.15, -0.1) is 0 Å². The number of carbonyl (C=O) groups excluding carboxylic acids is 1. The highest BCUT2D eigenvalue weighted by atomic mass is 16.1. The van der Waals surface area contributed by atoms with Crippen molar-refractivity contribution < 1.29 is 4.79 Å². The molecular formula is C9H17N5O. The Labute approximate surface area is 88.9 Å². The van der Waals surface area contributed by atoms with Crippen LogP contribution < -0.4 is 11.1 Å². The van der Waals surface area contributed by atoms with Gasteiger partial charge < -0.3 is 11.1 Å². The summed E-state index contributed by atoms with van der Waals surface area (Å²) in [5, 5.41) is 6.76. The maximum atomic E-state index is 11.4. The number of hydrogen-bond donors (Lipinski definition) is 2. The first-order valence-electron chi connectivity index (χ1n) is 5.08. The summed E-state index contributed by atoms with van der Waals surface area (Å²) >= 11 is 0. The molecule has 0 aliphatic carbocycles. The normalized spacial score (nSPS) is 12.4. The van der Waals surface area contributed by atoms with Crippen molar-refractivity contribution in [2.45, 2.75) is 32.4 Å². The third-order valence-electron chi connectivity index (χ3n) is 2.18. The van der Waals surface area contributed by atoms with Crippen LogP contribution in [0.5, 0.6) is 0 Å². The van der Waals surface area contributed by atoms with Gasteiger partial charge in [0.1, 0.15) is 12.7 Å². The molecule has 0 saturated carbocycles. The molecule has 6 nitrogen and oxygen atoms in total. The van der Waals surface area contributed by atoms with Gasteiger partial charge in [-0.2, -0.15) is 5.10 Å². The van der Waals surface area contributed by atoms with Gasteiger partial charge in [0.25, 0.3) is 0 Å². The van der Waals surface area contributed by atoms with Gasteiger partial charge in [0.2, 0.25) is 5.91 Å². The van der Waals surface area contributed by atoms with E-state index in [9.17, 15) is 4.79 Å². The molecule has 0 aliphatic rings. The zero-order chi connectivity index (χ0) is 11.1. The zero-order valence-electron chi connectivity index (χ0n) is 8.89. The lowest BCUT2D eigenvalue weighted by Crippen LogP contribution is -2.39. The molecule has 0 fully saturated rings. The van der Waals surface area contributed by atoms with Gasteiger partial charge in [-0.25, -0.2) is 4.98 Å². The van der Waals surface area contributed by atoms with Gasteiger partial charge in [0.05, 0.1) is 6.54 Å². The van der Waals surface area contributed by atoms with Crippen molar-refractivity contribution in [1.82, 2.24) is 20.1 Å². The van der Waals surface area contributed by atoms with E-state index < -0.39 is 0 Å². The van der Waals surface area contributed by atoms with Crippen LogP contribution in [0.3, 0.4) is 0 Å². The molecule has 0 bridgehead atoms. The fourth-order valence-corrected chi connectivity index (χ4v) is 1.19. The minimum absolute atomic E-state index is 0.00259. The zero-order valence-corrected chi connectivity index (χ0v) is 8.89. The number of aryl methyl sites for hydroxylation is 1. The summed E-state index contributed by atoms with van der Waals surface area (Å²) in [6.07, 6.45) is 4.30. The molecule has 1 unspecified atom stereocenters. The Balaban J connectivity index is 2.24. The molecule has 1 amide bonds. The average molecular weight is 211 g/mol. The van der Waals surface area contributed by atoms with E-state index in [1.54, 1.807) is 11.0 Å². The third kappa shape index (κ3) is 4.07. The highest BCUT2D eigenvalue weighted by Gasteiger charge is 2.08. The van der Waals surface area contributed by atoms with E-state index in [1.807, 2.05) is 6.92 Å². The topological polar surface area (TPSA) is 85.8 Å². The quantitative estimate of drug-likeness (QED) is 0.665. The molecule has 1 heterocycles. The predicted molar refractivity (Wildman–Crippen MR) is 55.9 cm³/mol. The van der Waals surface area contributed by atoms with E-state index in [2.05, 4.69) is 15.4 Å². The molecule has 6 heteroatoms. The monoisotopic (exact) mass is 211 g/mol. The van der Waals surface area contributed by atoms with Gasteiger partial charge in [-0.3, -0.25) is 9.48 Å². The van der Waals surface area contributed by atoms with Gasteiger partial charge in [0, 0.05) is 19.0 Å². The fourth-order valence-electron chi connectivity index (χ4n) is 1.19. The lowest BCUT2D eigenvalue weighted by molar-refractivity contribution is -0.122. The molecule has 1 atom stereocenters. The third-order valence-corrected chi connectivity index (χ3v) is 2.18. The molecule has 3 N–H and O–H groups in total. The molecule has 0 spiro atoms. The second-order valence-corrected chi connectivity index (χ2v) is 3.32. The molecule has 0 aromatic carbocycles. The second-order valence-electron chi connectivity index (χ2n) is 3.32. The van der Waals surface area contributed by atoms with E-state index in [4.69, 9.17) is 5.73 Å². The number of nitrogens with zero attached hydrogens (tertiary/aromatic N) is 3. The van der Waals surface area contributed by atoms with E-state index in [0.29, 0.717) is 19.5 Å². The molecule has 15 heavy (non-hydrogen) atoms. The number of aromatic nitrogens is 3. The molecule has 1 rings (SSSR count). The Morgan fingerprint density at radius 3 is 3.00 bits per heavy atom. The molecule has 0 radical (unpaired) electrons. The standard InChI is InChI=1S/C9H17N5O/c1-2-8(5-10)13-9(15)3-4-14-7-11-6-12-14/h6-8H,2-5,10H2,1H3,(H,13,15). The van der Waals surface area contributed by atoms with Crippen molar-refractivity contribution in [2.24, 2.45) is 5.73 Å². The van der Waals surface area contributed by atoms with Crippen molar-refractivity contribution in [3.63, 3.8) is 0 Å². The highest BCUT2D eigenvalue weighted by molar-refractivity contribution is 5.76. The predicted octanol–water partition coefficient (Wildman–Crippen LogP) is -0.478. The maximum Gasteiger partial charge on any atom is 0.222 e. The molecule has 1 aromatic heterocycles. The summed E-state index contributed by atoms with van der Waals surface area (Å²) in [6.45, 7) is 3.02. The molecule has 1 aromatic rings. The summed E-state index contributed by atoms with van der Waals surface area (Å²) in [7, 11) is 0. The van der Waals surface area contributed by atoms with E-state index in [0.717, 1.165) is 6.42 Å². The first-order chi connectivity index (χ1) is 7.26. The van der Waals surface area contributed by atoms with Gasteiger partial charge in [-0.1, -0.05) is 6.92 Å². The minimum atomic E-state index is 0.00259. The summed E-state index contributed by atoms with van der Waals surface area (Å²) < 4.78 is 1.63. The van der Waals surface area contributed by atoms with Crippen molar-refractivity contribution in [2.75, 3.05) is 6.54 Å². The minimum Gasteiger partial charge on any atom is -0.352 e. The Bertz CT molecular complexity index is 281. The second kappa shape index (κ2) is 6.13. The van der Waals surface area contributed by atoms with E-state index in [-0.39, 0.29) is 11.9 Å². The summed E-state index contributed by atoms with van der Waals surface area (Å²) in [6, 6.07) is 0.0771. The van der Waals surface area contributed by atoms with Crippen molar-refractivity contribution in [3.05, 3.63) is 12.7 Å². The summed E-state index contributed by atoms with van der Waals surface area (Å²) in [4.78, 5) is 15.2. The Hall–Kier alpha value is -1.43. The van der Waals surface area contributed by atoms with Gasteiger partial charge >= 0.3 is 0 Å². The largest absolute Gasteiger partial charge is 0.352 e. The first-order valence-corrected chi connectivity index (χ1v) is 5.08. The Kier molecular flexibility index (Phi) is 4.76. The van der Waals surface area contributed by atoms with Crippen LogP contribution in [0.2, 0.25) is 0 Å². The Morgan fingerprint density at radius 2 is 2.47 bits per heavy atom. The fraction of sp³-hybridized carbons (Fsp3) is 0.667. The number of nitrogens with two attached hydrogens (primary N) is 1. The summed E-state index contributed by atoms with van der Waals surface area (Å²) in [5.41, 5.74) is 5.48. The number of amides is 1. The first kappa shape index (κ1) is 11.6. The molecule has 0 aliphatic heterocycles. The van der Waals surface area contributed by atoms with Crippen LogP contribution in [0.1, 0.15) is 19.8 Å². The van der Waals surface area contributed by atoms with Crippen LogP contribution in [0.4, 0.5) is 0 Å². The van der Waals surface area contributed by atoms with Crippen LogP contribution in [0.25, 0.3) is 0 Å². The Morgan fingerprint density at radius 1 is 1.67 bits per heavy atom. The van der Waals surface area contributed by atoms with E-state index >= 15 is 0 Å². The van der Waals surface area contributed by atoms with Crippen LogP contribution >= 0.6 is 0 Å². The number of hydrogen-bond acceptors (Lipinski definition) is 4. The van der Waals surface area contributed by atoms with Crippen molar-refractivity contribution in [3.8, 4) is 0 Å². The number of rotatable bonds is 6. The lowest BCUT2D eigenvalue weighted by atomic mass is 10.2. The van der Waals surface area contributed by atoms with Crippen molar-refractivity contribution in [1.29, 1.82) is 0 Å². The van der Waals surface area contributed by atoms with E-state index in [1.165, 1.54) is 6.33 Å². The van der Waals surface area contributed by atoms with Crippen LogP contribution in [0, 0.1) is 0 Å². The van der Waals surface area contributed by atoms with Crippen molar-refractivity contribution >= 4 is 5.91 Å². The maximum absolute atomic E-state index is 11.4.